The highest BCUT2D eigenvalue weighted by molar-refractivity contribution is 5.94. The fourth-order valence-electron chi connectivity index (χ4n) is 1.73. The molecule has 0 N–H and O–H groups in total. The molecule has 0 aromatic heterocycles. The van der Waals surface area contributed by atoms with Gasteiger partial charge < -0.3 is 0 Å². The number of Topliss-reactive ketones (excluding diaryl/α,β-unsaturated/α-hetero) is 1. The van der Waals surface area contributed by atoms with Gasteiger partial charge in [-0.2, -0.15) is 0 Å². The summed E-state index contributed by atoms with van der Waals surface area (Å²) in [5, 5.41) is 0. The van der Waals surface area contributed by atoms with Crippen LogP contribution in [0, 0.1) is 0 Å². The lowest BCUT2D eigenvalue weighted by atomic mass is 10.00. The topological polar surface area (TPSA) is 17.1 Å². The molecule has 0 saturated heterocycles. The van der Waals surface area contributed by atoms with Gasteiger partial charge in [-0.3, -0.25) is 4.79 Å². The maximum atomic E-state index is 14.2. The summed E-state index contributed by atoms with van der Waals surface area (Å²) in [5.74, 6) is -0.0490. The van der Waals surface area contributed by atoms with Crippen LogP contribution in [0.4, 0.5) is 4.39 Å². The largest absolute Gasteiger partial charge is 0.295 e. The predicted octanol–water partition coefficient (Wildman–Crippen LogP) is 3.95. The van der Waals surface area contributed by atoms with Crippen molar-refractivity contribution < 1.29 is 9.18 Å². The summed E-state index contributed by atoms with van der Waals surface area (Å²) < 4.78 is 14.2. The summed E-state index contributed by atoms with van der Waals surface area (Å²) in [6.07, 6.45) is -1.18. The molecule has 0 saturated carbocycles. The van der Waals surface area contributed by atoms with E-state index >= 15 is 0 Å². The number of alkyl halides is 1. The highest BCUT2D eigenvalue weighted by Gasteiger charge is 2.13. The first-order chi connectivity index (χ1) is 8.18. The summed E-state index contributed by atoms with van der Waals surface area (Å²) in [4.78, 5) is 11.2. The van der Waals surface area contributed by atoms with Gasteiger partial charge in [0.1, 0.15) is 0 Å². The van der Waals surface area contributed by atoms with Gasteiger partial charge in [0.25, 0.3) is 0 Å². The maximum Gasteiger partial charge on any atom is 0.159 e. The molecule has 17 heavy (non-hydrogen) atoms. The van der Waals surface area contributed by atoms with Crippen LogP contribution >= 0.6 is 0 Å². The summed E-state index contributed by atoms with van der Waals surface area (Å²) in [5.41, 5.74) is 1.66. The maximum absolute atomic E-state index is 14.2. The second-order valence-corrected chi connectivity index (χ2v) is 3.95. The predicted molar refractivity (Wildman–Crippen MR) is 65.8 cm³/mol. The van der Waals surface area contributed by atoms with E-state index in [0.717, 1.165) is 0 Å². The molecule has 0 aliphatic rings. The third-order valence-electron chi connectivity index (χ3n) is 2.68. The van der Waals surface area contributed by atoms with Crippen molar-refractivity contribution >= 4 is 5.78 Å². The van der Waals surface area contributed by atoms with Gasteiger partial charge in [-0.05, 0) is 24.1 Å². The van der Waals surface area contributed by atoms with Gasteiger partial charge in [-0.15, -0.1) is 0 Å². The molecule has 0 radical (unpaired) electrons. The Morgan fingerprint density at radius 2 is 1.65 bits per heavy atom. The van der Waals surface area contributed by atoms with Crippen molar-refractivity contribution in [2.24, 2.45) is 0 Å². The number of carbonyl (C=O) groups excluding carboxylic acids is 1. The molecule has 1 unspecified atom stereocenters. The highest BCUT2D eigenvalue weighted by Crippen LogP contribution is 2.26. The van der Waals surface area contributed by atoms with Gasteiger partial charge in [0, 0.05) is 5.56 Å². The van der Waals surface area contributed by atoms with Gasteiger partial charge in [0.05, 0.1) is 0 Å². The molecule has 86 valence electrons. The molecule has 0 heterocycles. The average molecular weight is 228 g/mol. The van der Waals surface area contributed by atoms with E-state index in [9.17, 15) is 9.18 Å². The van der Waals surface area contributed by atoms with Crippen LogP contribution in [0.25, 0.3) is 0 Å². The Hall–Kier alpha value is -1.96. The first-order valence-corrected chi connectivity index (χ1v) is 5.48. The SMILES string of the molecule is CC(=O)c1cccc(C(F)c2ccccc2)c1. The number of carbonyl (C=O) groups is 1. The lowest BCUT2D eigenvalue weighted by Gasteiger charge is -2.09. The molecule has 0 aliphatic carbocycles. The fourth-order valence-corrected chi connectivity index (χ4v) is 1.73. The van der Waals surface area contributed by atoms with Crippen LogP contribution in [0.5, 0.6) is 0 Å². The van der Waals surface area contributed by atoms with Crippen LogP contribution in [-0.2, 0) is 0 Å². The molecular weight excluding hydrogens is 215 g/mol. The number of benzene rings is 2. The van der Waals surface area contributed by atoms with Crippen molar-refractivity contribution in [2.45, 2.75) is 13.1 Å². The molecule has 0 amide bonds. The molecule has 1 nitrogen and oxygen atoms in total. The number of halogens is 1. The quantitative estimate of drug-likeness (QED) is 0.727. The van der Waals surface area contributed by atoms with Crippen LogP contribution in [-0.4, -0.2) is 5.78 Å². The summed E-state index contributed by atoms with van der Waals surface area (Å²) in [7, 11) is 0. The average Bonchev–Trinajstić information content (AvgIpc) is 2.39. The van der Waals surface area contributed by atoms with Crippen LogP contribution < -0.4 is 0 Å². The van der Waals surface area contributed by atoms with Crippen LogP contribution in [0.15, 0.2) is 54.6 Å². The van der Waals surface area contributed by atoms with E-state index in [-0.39, 0.29) is 5.78 Å². The highest BCUT2D eigenvalue weighted by atomic mass is 19.1. The zero-order valence-electron chi connectivity index (χ0n) is 9.56. The Kier molecular flexibility index (Phi) is 3.33. The Balaban J connectivity index is 2.34. The summed E-state index contributed by atoms with van der Waals surface area (Å²) in [6, 6.07) is 15.7. The standard InChI is InChI=1S/C15H13FO/c1-11(17)13-8-5-9-14(10-13)15(16)12-6-3-2-4-7-12/h2-10,15H,1H3. The molecule has 0 fully saturated rings. The normalized spacial score (nSPS) is 12.1. The van der Waals surface area contributed by atoms with Crippen molar-refractivity contribution in [3.8, 4) is 0 Å². The van der Waals surface area contributed by atoms with Crippen molar-refractivity contribution in [3.63, 3.8) is 0 Å². The minimum atomic E-state index is -1.18. The van der Waals surface area contributed by atoms with E-state index < -0.39 is 6.17 Å². The van der Waals surface area contributed by atoms with E-state index in [0.29, 0.717) is 16.7 Å². The van der Waals surface area contributed by atoms with Crippen molar-refractivity contribution in [1.82, 2.24) is 0 Å². The molecule has 2 aromatic rings. The second kappa shape index (κ2) is 4.91. The monoisotopic (exact) mass is 228 g/mol. The molecule has 0 aliphatic heterocycles. The van der Waals surface area contributed by atoms with Crippen LogP contribution in [0.2, 0.25) is 0 Å². The number of rotatable bonds is 3. The van der Waals surface area contributed by atoms with Gasteiger partial charge >= 0.3 is 0 Å². The second-order valence-electron chi connectivity index (χ2n) is 3.95. The number of hydrogen-bond acceptors (Lipinski definition) is 1. The van der Waals surface area contributed by atoms with Gasteiger partial charge in [-0.25, -0.2) is 4.39 Å². The van der Waals surface area contributed by atoms with Crippen LogP contribution in [0.1, 0.15) is 34.6 Å². The smallest absolute Gasteiger partial charge is 0.159 e. The number of hydrogen-bond donors (Lipinski definition) is 0. The van der Waals surface area contributed by atoms with Gasteiger partial charge in [-0.1, -0.05) is 48.5 Å². The Morgan fingerprint density at radius 3 is 2.29 bits per heavy atom. The van der Waals surface area contributed by atoms with Crippen molar-refractivity contribution in [2.75, 3.05) is 0 Å². The molecule has 2 heteroatoms. The van der Waals surface area contributed by atoms with E-state index in [1.54, 1.807) is 48.5 Å². The molecule has 1 atom stereocenters. The Morgan fingerprint density at radius 1 is 1.00 bits per heavy atom. The molecule has 0 bridgehead atoms. The summed E-state index contributed by atoms with van der Waals surface area (Å²) >= 11 is 0. The third-order valence-corrected chi connectivity index (χ3v) is 2.68. The Labute approximate surface area is 99.9 Å². The third kappa shape index (κ3) is 2.59. The lowest BCUT2D eigenvalue weighted by Crippen LogP contribution is -1.98. The van der Waals surface area contributed by atoms with Gasteiger partial charge in [0.2, 0.25) is 0 Å². The van der Waals surface area contributed by atoms with Crippen LogP contribution in [0.3, 0.4) is 0 Å². The zero-order valence-corrected chi connectivity index (χ0v) is 9.56. The minimum Gasteiger partial charge on any atom is -0.295 e. The first-order valence-electron chi connectivity index (χ1n) is 5.48. The first kappa shape index (κ1) is 11.5. The fraction of sp³-hybridized carbons (Fsp3) is 0.133. The molecule has 2 aromatic carbocycles. The zero-order chi connectivity index (χ0) is 12.3. The lowest BCUT2D eigenvalue weighted by molar-refractivity contribution is 0.101. The van der Waals surface area contributed by atoms with Crippen molar-refractivity contribution in [3.05, 3.63) is 71.3 Å². The van der Waals surface area contributed by atoms with E-state index in [1.165, 1.54) is 6.92 Å². The molecule has 2 rings (SSSR count). The van der Waals surface area contributed by atoms with Gasteiger partial charge in [0.15, 0.2) is 12.0 Å². The number of ketones is 1. The Bertz CT molecular complexity index is 519. The van der Waals surface area contributed by atoms with E-state index in [4.69, 9.17) is 0 Å². The van der Waals surface area contributed by atoms with E-state index in [1.807, 2.05) is 6.07 Å². The van der Waals surface area contributed by atoms with E-state index in [2.05, 4.69) is 0 Å². The minimum absolute atomic E-state index is 0.0490. The molecular formula is C15H13FO. The van der Waals surface area contributed by atoms with Crippen molar-refractivity contribution in [1.29, 1.82) is 0 Å². The molecule has 0 spiro atoms. The summed E-state index contributed by atoms with van der Waals surface area (Å²) in [6.45, 7) is 1.48.